The highest BCUT2D eigenvalue weighted by atomic mass is 16.5. The van der Waals surface area contributed by atoms with Gasteiger partial charge in [0.15, 0.2) is 0 Å². The zero-order chi connectivity index (χ0) is 15.6. The largest absolute Gasteiger partial charge is 0.491 e. The molecule has 0 atom stereocenters. The standard InChI is InChI=1S/C18H25NO3/c1-20-11-5-10-19-14-17-16-7-4-3-6-15(16)8-9-18(17)22-13-12-21-2/h3-4,6-9,19H,5,10-14H2,1-2H3. The van der Waals surface area contributed by atoms with Gasteiger partial charge in [0.2, 0.25) is 0 Å². The van der Waals surface area contributed by atoms with Crippen molar-refractivity contribution in [2.24, 2.45) is 0 Å². The molecule has 2 aromatic rings. The Morgan fingerprint density at radius 1 is 0.909 bits per heavy atom. The number of nitrogens with one attached hydrogen (secondary N) is 1. The predicted molar refractivity (Wildman–Crippen MR) is 89.5 cm³/mol. The molecule has 0 fully saturated rings. The van der Waals surface area contributed by atoms with Gasteiger partial charge in [-0.2, -0.15) is 0 Å². The average Bonchev–Trinajstić information content (AvgIpc) is 2.56. The fourth-order valence-electron chi connectivity index (χ4n) is 2.42. The van der Waals surface area contributed by atoms with Crippen LogP contribution in [0.3, 0.4) is 0 Å². The molecule has 120 valence electrons. The quantitative estimate of drug-likeness (QED) is 0.685. The molecule has 0 aliphatic carbocycles. The third-order valence-corrected chi connectivity index (χ3v) is 3.55. The van der Waals surface area contributed by atoms with E-state index in [-0.39, 0.29) is 0 Å². The molecular weight excluding hydrogens is 278 g/mol. The number of fused-ring (bicyclic) bond motifs is 1. The van der Waals surface area contributed by atoms with E-state index >= 15 is 0 Å². The Hall–Kier alpha value is -1.62. The van der Waals surface area contributed by atoms with E-state index in [1.54, 1.807) is 14.2 Å². The monoisotopic (exact) mass is 303 g/mol. The molecule has 0 aliphatic rings. The first-order valence-electron chi connectivity index (χ1n) is 7.69. The van der Waals surface area contributed by atoms with Crippen LogP contribution in [0.5, 0.6) is 5.75 Å². The summed E-state index contributed by atoms with van der Waals surface area (Å²) in [5, 5.41) is 5.93. The van der Waals surface area contributed by atoms with E-state index in [0.29, 0.717) is 13.2 Å². The third-order valence-electron chi connectivity index (χ3n) is 3.55. The molecule has 0 unspecified atom stereocenters. The number of hydrogen-bond acceptors (Lipinski definition) is 4. The summed E-state index contributed by atoms with van der Waals surface area (Å²) in [6.07, 6.45) is 1.00. The highest BCUT2D eigenvalue weighted by Crippen LogP contribution is 2.28. The first-order chi connectivity index (χ1) is 10.9. The van der Waals surface area contributed by atoms with Crippen LogP contribution < -0.4 is 10.1 Å². The summed E-state index contributed by atoms with van der Waals surface area (Å²) >= 11 is 0. The molecule has 22 heavy (non-hydrogen) atoms. The van der Waals surface area contributed by atoms with Gasteiger partial charge < -0.3 is 19.5 Å². The van der Waals surface area contributed by atoms with E-state index in [2.05, 4.69) is 35.6 Å². The molecule has 0 spiro atoms. The maximum atomic E-state index is 5.87. The lowest BCUT2D eigenvalue weighted by Gasteiger charge is -2.15. The number of benzene rings is 2. The van der Waals surface area contributed by atoms with Crippen LogP contribution >= 0.6 is 0 Å². The summed E-state index contributed by atoms with van der Waals surface area (Å²) < 4.78 is 16.0. The van der Waals surface area contributed by atoms with Gasteiger partial charge in [-0.1, -0.05) is 30.3 Å². The van der Waals surface area contributed by atoms with Gasteiger partial charge >= 0.3 is 0 Å². The van der Waals surface area contributed by atoms with Crippen molar-refractivity contribution in [3.63, 3.8) is 0 Å². The van der Waals surface area contributed by atoms with Gasteiger partial charge in [0.05, 0.1) is 6.61 Å². The highest BCUT2D eigenvalue weighted by Gasteiger charge is 2.08. The number of ether oxygens (including phenoxy) is 3. The Morgan fingerprint density at radius 2 is 1.73 bits per heavy atom. The van der Waals surface area contributed by atoms with Crippen LogP contribution in [0.15, 0.2) is 36.4 Å². The second-order valence-corrected chi connectivity index (χ2v) is 5.13. The van der Waals surface area contributed by atoms with Crippen LogP contribution in [0.25, 0.3) is 10.8 Å². The molecular formula is C18H25NO3. The number of hydrogen-bond donors (Lipinski definition) is 1. The molecule has 4 heteroatoms. The number of methoxy groups -OCH3 is 2. The Morgan fingerprint density at radius 3 is 2.55 bits per heavy atom. The second-order valence-electron chi connectivity index (χ2n) is 5.13. The molecule has 0 aromatic heterocycles. The maximum Gasteiger partial charge on any atom is 0.124 e. The van der Waals surface area contributed by atoms with Crippen molar-refractivity contribution >= 4 is 10.8 Å². The van der Waals surface area contributed by atoms with E-state index in [1.165, 1.54) is 16.3 Å². The molecule has 1 N–H and O–H groups in total. The summed E-state index contributed by atoms with van der Waals surface area (Å²) in [6.45, 7) is 3.64. The lowest BCUT2D eigenvalue weighted by atomic mass is 10.0. The van der Waals surface area contributed by atoms with E-state index in [9.17, 15) is 0 Å². The zero-order valence-corrected chi connectivity index (χ0v) is 13.4. The molecule has 0 aliphatic heterocycles. The maximum absolute atomic E-state index is 5.87. The molecule has 2 aromatic carbocycles. The van der Waals surface area contributed by atoms with Crippen molar-refractivity contribution in [1.82, 2.24) is 5.32 Å². The van der Waals surface area contributed by atoms with E-state index in [4.69, 9.17) is 14.2 Å². The first-order valence-corrected chi connectivity index (χ1v) is 7.69. The van der Waals surface area contributed by atoms with Crippen LogP contribution in [0.4, 0.5) is 0 Å². The summed E-state index contributed by atoms with van der Waals surface area (Å²) in [7, 11) is 3.41. The van der Waals surface area contributed by atoms with Crippen molar-refractivity contribution in [3.05, 3.63) is 42.0 Å². The zero-order valence-electron chi connectivity index (χ0n) is 13.4. The molecule has 0 amide bonds. The van der Waals surface area contributed by atoms with Crippen molar-refractivity contribution in [1.29, 1.82) is 0 Å². The van der Waals surface area contributed by atoms with Crippen molar-refractivity contribution < 1.29 is 14.2 Å². The van der Waals surface area contributed by atoms with Crippen LogP contribution in [0.2, 0.25) is 0 Å². The normalized spacial score (nSPS) is 11.0. The van der Waals surface area contributed by atoms with Gasteiger partial charge in [-0.25, -0.2) is 0 Å². The lowest BCUT2D eigenvalue weighted by molar-refractivity contribution is 0.146. The molecule has 0 saturated heterocycles. The summed E-state index contributed by atoms with van der Waals surface area (Å²) in [4.78, 5) is 0. The fraction of sp³-hybridized carbons (Fsp3) is 0.444. The number of rotatable bonds is 10. The van der Waals surface area contributed by atoms with Crippen molar-refractivity contribution in [3.8, 4) is 5.75 Å². The molecule has 0 bridgehead atoms. The Bertz CT molecular complexity index is 571. The van der Waals surface area contributed by atoms with Crippen LogP contribution in [0, 0.1) is 0 Å². The predicted octanol–water partition coefficient (Wildman–Crippen LogP) is 2.99. The molecule has 0 heterocycles. The SMILES string of the molecule is COCCCNCc1c(OCCOC)ccc2ccccc12. The molecule has 0 radical (unpaired) electrons. The Kier molecular flexibility index (Phi) is 7.16. The minimum absolute atomic E-state index is 0.561. The van der Waals surface area contributed by atoms with Gasteiger partial charge in [0, 0.05) is 32.9 Å². The Labute approximate surface area is 132 Å². The average molecular weight is 303 g/mol. The smallest absolute Gasteiger partial charge is 0.124 e. The highest BCUT2D eigenvalue weighted by molar-refractivity contribution is 5.87. The topological polar surface area (TPSA) is 39.7 Å². The van der Waals surface area contributed by atoms with E-state index in [0.717, 1.165) is 31.9 Å². The molecule has 2 rings (SSSR count). The summed E-state index contributed by atoms with van der Waals surface area (Å²) in [6, 6.07) is 12.5. The van der Waals surface area contributed by atoms with Gasteiger partial charge in [0.25, 0.3) is 0 Å². The van der Waals surface area contributed by atoms with Crippen LogP contribution in [-0.4, -0.2) is 40.6 Å². The lowest BCUT2D eigenvalue weighted by Crippen LogP contribution is -2.17. The van der Waals surface area contributed by atoms with Crippen molar-refractivity contribution in [2.75, 3.05) is 40.6 Å². The van der Waals surface area contributed by atoms with Gasteiger partial charge in [-0.15, -0.1) is 0 Å². The van der Waals surface area contributed by atoms with Gasteiger partial charge in [-0.05, 0) is 29.8 Å². The van der Waals surface area contributed by atoms with Crippen molar-refractivity contribution in [2.45, 2.75) is 13.0 Å². The summed E-state index contributed by atoms with van der Waals surface area (Å²) in [5.74, 6) is 0.926. The minimum Gasteiger partial charge on any atom is -0.491 e. The summed E-state index contributed by atoms with van der Waals surface area (Å²) in [5.41, 5.74) is 1.20. The fourth-order valence-corrected chi connectivity index (χ4v) is 2.42. The van der Waals surface area contributed by atoms with E-state index in [1.807, 2.05) is 6.07 Å². The van der Waals surface area contributed by atoms with Gasteiger partial charge in [0.1, 0.15) is 12.4 Å². The minimum atomic E-state index is 0.561. The Balaban J connectivity index is 2.12. The van der Waals surface area contributed by atoms with E-state index < -0.39 is 0 Å². The third kappa shape index (κ3) is 4.70. The first kappa shape index (κ1) is 16.7. The van der Waals surface area contributed by atoms with Crippen LogP contribution in [0.1, 0.15) is 12.0 Å². The van der Waals surface area contributed by atoms with Gasteiger partial charge in [-0.3, -0.25) is 0 Å². The van der Waals surface area contributed by atoms with Crippen LogP contribution in [-0.2, 0) is 16.0 Å². The molecule has 0 saturated carbocycles. The molecule has 4 nitrogen and oxygen atoms in total. The second kappa shape index (κ2) is 9.41.